The number of sulfonamides is 1. The summed E-state index contributed by atoms with van der Waals surface area (Å²) in [6, 6.07) is 7.93. The normalized spacial score (nSPS) is 11.4. The predicted molar refractivity (Wildman–Crippen MR) is 120 cm³/mol. The van der Waals surface area contributed by atoms with Gasteiger partial charge >= 0.3 is 5.97 Å². The molecule has 0 bridgehead atoms. The summed E-state index contributed by atoms with van der Waals surface area (Å²) in [5, 5.41) is 14.2. The highest BCUT2D eigenvalue weighted by Crippen LogP contribution is 2.27. The van der Waals surface area contributed by atoms with Gasteiger partial charge in [-0.05, 0) is 55.8 Å². The van der Waals surface area contributed by atoms with Gasteiger partial charge < -0.3 is 10.0 Å². The zero-order valence-corrected chi connectivity index (χ0v) is 19.2. The Bertz CT molecular complexity index is 1290. The van der Waals surface area contributed by atoms with Gasteiger partial charge in [-0.25, -0.2) is 22.0 Å². The minimum Gasteiger partial charge on any atom is -0.478 e. The van der Waals surface area contributed by atoms with Crippen molar-refractivity contribution in [1.29, 1.82) is 0 Å². The number of aromatic nitrogens is 2. The number of carbonyl (C=O) groups is 1. The fraction of sp³-hybridized carbons (Fsp3) is 0.273. The monoisotopic (exact) mass is 478 g/mol. The molecule has 33 heavy (non-hydrogen) atoms. The largest absolute Gasteiger partial charge is 0.478 e. The third-order valence-electron chi connectivity index (χ3n) is 4.89. The van der Waals surface area contributed by atoms with E-state index in [1.165, 1.54) is 12.1 Å². The minimum absolute atomic E-state index is 0.0971. The number of hydrogen-bond donors (Lipinski definition) is 2. The van der Waals surface area contributed by atoms with Crippen LogP contribution in [0.1, 0.15) is 35.1 Å². The lowest BCUT2D eigenvalue weighted by Crippen LogP contribution is -2.22. The van der Waals surface area contributed by atoms with Gasteiger partial charge in [-0.3, -0.25) is 9.40 Å². The van der Waals surface area contributed by atoms with Crippen LogP contribution in [0.25, 0.3) is 0 Å². The number of carboxylic acid groups (broad SMARTS) is 1. The van der Waals surface area contributed by atoms with Gasteiger partial charge in [0, 0.05) is 19.3 Å². The van der Waals surface area contributed by atoms with Gasteiger partial charge in [-0.15, -0.1) is 0 Å². The first-order chi connectivity index (χ1) is 15.5. The van der Waals surface area contributed by atoms with Gasteiger partial charge in [0.2, 0.25) is 0 Å². The molecule has 3 rings (SSSR count). The first-order valence-corrected chi connectivity index (χ1v) is 11.6. The first-order valence-electron chi connectivity index (χ1n) is 10.1. The van der Waals surface area contributed by atoms with Gasteiger partial charge in [0.05, 0.1) is 29.2 Å². The average molecular weight is 479 g/mol. The molecule has 2 aromatic carbocycles. The number of carboxylic acids is 1. The molecule has 11 heteroatoms. The molecule has 0 atom stereocenters. The Morgan fingerprint density at radius 1 is 1.18 bits per heavy atom. The summed E-state index contributed by atoms with van der Waals surface area (Å²) in [5.74, 6) is -3.32. The third kappa shape index (κ3) is 5.48. The maximum absolute atomic E-state index is 13.9. The number of hydrogen-bond acceptors (Lipinski definition) is 5. The van der Waals surface area contributed by atoms with E-state index in [9.17, 15) is 27.1 Å². The molecule has 1 aromatic heterocycles. The smallest absolute Gasteiger partial charge is 0.337 e. The molecule has 0 saturated heterocycles. The number of aromatic carboxylic acids is 1. The van der Waals surface area contributed by atoms with Crippen LogP contribution in [0.4, 0.5) is 20.2 Å². The van der Waals surface area contributed by atoms with Gasteiger partial charge in [-0.2, -0.15) is 5.10 Å². The maximum Gasteiger partial charge on any atom is 0.337 e. The lowest BCUT2D eigenvalue weighted by molar-refractivity contribution is 0.0697. The highest BCUT2D eigenvalue weighted by Gasteiger charge is 2.22. The van der Waals surface area contributed by atoms with E-state index in [-0.39, 0.29) is 11.3 Å². The zero-order chi connectivity index (χ0) is 24.3. The van der Waals surface area contributed by atoms with E-state index in [2.05, 4.69) is 9.82 Å². The standard InChI is InChI=1S/C22H24F2N4O4S/c1-4-9-28-17(10-14(2)25-28)13-27(3)20-8-6-16(12-18(20)22(29)30)26-33(31,32)21-11-15(23)5-7-19(21)24/h5-8,10-12,26H,4,9,13H2,1-3H3,(H,29,30). The van der Waals surface area contributed by atoms with Crippen molar-refractivity contribution in [3.63, 3.8) is 0 Å². The van der Waals surface area contributed by atoms with Crippen molar-refractivity contribution in [2.45, 2.75) is 38.3 Å². The Kier molecular flexibility index (Phi) is 7.01. The van der Waals surface area contributed by atoms with Crippen molar-refractivity contribution in [2.75, 3.05) is 16.7 Å². The van der Waals surface area contributed by atoms with Crippen molar-refractivity contribution in [2.24, 2.45) is 0 Å². The Balaban J connectivity index is 1.91. The van der Waals surface area contributed by atoms with E-state index in [4.69, 9.17) is 0 Å². The lowest BCUT2D eigenvalue weighted by Gasteiger charge is -2.22. The fourth-order valence-corrected chi connectivity index (χ4v) is 4.60. The number of nitrogens with one attached hydrogen (secondary N) is 1. The molecule has 0 aliphatic carbocycles. The number of benzene rings is 2. The summed E-state index contributed by atoms with van der Waals surface area (Å²) in [5.41, 5.74) is 1.85. The van der Waals surface area contributed by atoms with Gasteiger partial charge in [0.25, 0.3) is 10.0 Å². The molecule has 0 amide bonds. The Morgan fingerprint density at radius 3 is 2.58 bits per heavy atom. The number of rotatable bonds is 9. The molecule has 0 unspecified atom stereocenters. The highest BCUT2D eigenvalue weighted by atomic mass is 32.2. The molecule has 0 radical (unpaired) electrons. The SMILES string of the molecule is CCCn1nc(C)cc1CN(C)c1ccc(NS(=O)(=O)c2cc(F)ccc2F)cc1C(=O)O. The van der Waals surface area contributed by atoms with Crippen LogP contribution in [0.15, 0.2) is 47.4 Å². The van der Waals surface area contributed by atoms with Crippen LogP contribution in [0.2, 0.25) is 0 Å². The summed E-state index contributed by atoms with van der Waals surface area (Å²) in [4.78, 5) is 12.8. The lowest BCUT2D eigenvalue weighted by atomic mass is 10.1. The number of aryl methyl sites for hydroxylation is 2. The summed E-state index contributed by atoms with van der Waals surface area (Å²) < 4.78 is 56.4. The Hall–Kier alpha value is -3.47. The second-order valence-electron chi connectivity index (χ2n) is 7.57. The van der Waals surface area contributed by atoms with Crippen LogP contribution in [0, 0.1) is 18.6 Å². The fourth-order valence-electron chi connectivity index (χ4n) is 3.46. The summed E-state index contributed by atoms with van der Waals surface area (Å²) >= 11 is 0. The zero-order valence-electron chi connectivity index (χ0n) is 18.3. The van der Waals surface area contributed by atoms with Gasteiger partial charge in [0.15, 0.2) is 0 Å². The van der Waals surface area contributed by atoms with Crippen molar-refractivity contribution < 1.29 is 27.1 Å². The van der Waals surface area contributed by atoms with E-state index in [0.717, 1.165) is 36.5 Å². The number of nitrogens with zero attached hydrogens (tertiary/aromatic N) is 3. The van der Waals surface area contributed by atoms with Crippen molar-refractivity contribution >= 4 is 27.4 Å². The molecule has 8 nitrogen and oxygen atoms in total. The van der Waals surface area contributed by atoms with Crippen LogP contribution in [0.3, 0.4) is 0 Å². The van der Waals surface area contributed by atoms with Crippen LogP contribution in [-0.4, -0.2) is 36.3 Å². The van der Waals surface area contributed by atoms with E-state index >= 15 is 0 Å². The highest BCUT2D eigenvalue weighted by molar-refractivity contribution is 7.92. The van der Waals surface area contributed by atoms with Crippen molar-refractivity contribution in [3.8, 4) is 0 Å². The molecular formula is C22H24F2N4O4S. The van der Waals surface area contributed by atoms with Gasteiger partial charge in [0.1, 0.15) is 16.5 Å². The number of halogens is 2. The molecule has 0 aliphatic heterocycles. The second kappa shape index (κ2) is 9.57. The number of anilines is 2. The molecule has 176 valence electrons. The van der Waals surface area contributed by atoms with E-state index in [1.807, 2.05) is 24.6 Å². The molecule has 0 fully saturated rings. The average Bonchev–Trinajstić information content (AvgIpc) is 3.08. The molecule has 1 heterocycles. The Labute approximate surface area is 190 Å². The van der Waals surface area contributed by atoms with Crippen LogP contribution in [0.5, 0.6) is 0 Å². The molecular weight excluding hydrogens is 454 g/mol. The van der Waals surface area contributed by atoms with Gasteiger partial charge in [-0.1, -0.05) is 6.92 Å². The van der Waals surface area contributed by atoms with Crippen LogP contribution in [-0.2, 0) is 23.1 Å². The maximum atomic E-state index is 13.9. The minimum atomic E-state index is -4.48. The Morgan fingerprint density at radius 2 is 1.91 bits per heavy atom. The summed E-state index contributed by atoms with van der Waals surface area (Å²) in [7, 11) is -2.77. The molecule has 0 aliphatic rings. The van der Waals surface area contributed by atoms with E-state index < -0.39 is 32.5 Å². The topological polar surface area (TPSA) is 105 Å². The van der Waals surface area contributed by atoms with Crippen molar-refractivity contribution in [3.05, 3.63) is 71.1 Å². The van der Waals surface area contributed by atoms with E-state index in [0.29, 0.717) is 24.4 Å². The van der Waals surface area contributed by atoms with E-state index in [1.54, 1.807) is 11.9 Å². The van der Waals surface area contributed by atoms with Crippen molar-refractivity contribution in [1.82, 2.24) is 9.78 Å². The summed E-state index contributed by atoms with van der Waals surface area (Å²) in [6.45, 7) is 5.00. The second-order valence-corrected chi connectivity index (χ2v) is 9.22. The quantitative estimate of drug-likeness (QED) is 0.482. The molecule has 0 spiro atoms. The van der Waals surface area contributed by atoms with Crippen LogP contribution < -0.4 is 9.62 Å². The molecule has 2 N–H and O–H groups in total. The molecule has 3 aromatic rings. The summed E-state index contributed by atoms with van der Waals surface area (Å²) in [6.07, 6.45) is 0.888. The molecule has 0 saturated carbocycles. The third-order valence-corrected chi connectivity index (χ3v) is 6.29. The predicted octanol–water partition coefficient (Wildman–Crippen LogP) is 4.02. The first kappa shape index (κ1) is 24.2. The van der Waals surface area contributed by atoms with Crippen LogP contribution >= 0.6 is 0 Å².